The van der Waals surface area contributed by atoms with Crippen molar-refractivity contribution < 1.29 is 22.7 Å². The van der Waals surface area contributed by atoms with Crippen LogP contribution in [0.15, 0.2) is 24.5 Å². The van der Waals surface area contributed by atoms with E-state index in [1.807, 2.05) is 6.92 Å². The molecule has 5 nitrogen and oxygen atoms in total. The van der Waals surface area contributed by atoms with Crippen molar-refractivity contribution in [1.82, 2.24) is 9.97 Å². The number of alkyl halides is 3. The molecule has 0 aromatic carbocycles. The second kappa shape index (κ2) is 6.59. The van der Waals surface area contributed by atoms with Gasteiger partial charge in [0.15, 0.2) is 0 Å². The van der Waals surface area contributed by atoms with Gasteiger partial charge in [-0.05, 0) is 47.9 Å². The molecule has 0 radical (unpaired) electrons. The Morgan fingerprint density at radius 1 is 1.35 bits per heavy atom. The molecule has 0 spiro atoms. The zero-order chi connectivity index (χ0) is 19.1. The second-order valence-corrected chi connectivity index (χ2v) is 6.39. The molecule has 1 atom stereocenters. The summed E-state index contributed by atoms with van der Waals surface area (Å²) in [6.07, 6.45) is -0.188. The van der Waals surface area contributed by atoms with E-state index in [2.05, 4.69) is 9.97 Å². The smallest absolute Gasteiger partial charge is 0.433 e. The number of pyridine rings is 2. The van der Waals surface area contributed by atoms with Gasteiger partial charge in [0.25, 0.3) is 5.91 Å². The number of hydrogen-bond acceptors (Lipinski definition) is 4. The quantitative estimate of drug-likeness (QED) is 0.875. The van der Waals surface area contributed by atoms with E-state index in [4.69, 9.17) is 10.5 Å². The molecule has 1 aliphatic rings. The molecular formula is C18H18F3N3O2. The number of nitrogens with zero attached hydrogens (tertiary/aromatic N) is 2. The van der Waals surface area contributed by atoms with Crippen LogP contribution >= 0.6 is 0 Å². The summed E-state index contributed by atoms with van der Waals surface area (Å²) in [5.41, 5.74) is 5.85. The number of carbonyl (C=O) groups excluding carboxylic acids is 1. The number of ether oxygens (including phenoxy) is 1. The maximum absolute atomic E-state index is 13.1. The average molecular weight is 365 g/mol. The van der Waals surface area contributed by atoms with Crippen LogP contribution in [0.3, 0.4) is 0 Å². The van der Waals surface area contributed by atoms with E-state index in [0.29, 0.717) is 17.0 Å². The van der Waals surface area contributed by atoms with E-state index < -0.39 is 17.8 Å². The van der Waals surface area contributed by atoms with E-state index in [1.54, 1.807) is 0 Å². The van der Waals surface area contributed by atoms with Crippen molar-refractivity contribution in [2.24, 2.45) is 11.7 Å². The predicted octanol–water partition coefficient (Wildman–Crippen LogP) is 3.78. The lowest BCUT2D eigenvalue weighted by Gasteiger charge is -2.21. The van der Waals surface area contributed by atoms with Crippen LogP contribution in [0.25, 0.3) is 11.1 Å². The Balaban J connectivity index is 2.28. The molecule has 2 heterocycles. The summed E-state index contributed by atoms with van der Waals surface area (Å²) in [5, 5.41) is 0. The van der Waals surface area contributed by atoms with Crippen LogP contribution in [-0.4, -0.2) is 23.0 Å². The lowest BCUT2D eigenvalue weighted by Crippen LogP contribution is -2.18. The highest BCUT2D eigenvalue weighted by atomic mass is 19.4. The standard InChI is InChI=1S/C18H18F3N3O2/c1-9(10-3-4-10)14-12(16(22)25)8-24-17(26-2)15(14)11-5-6-23-13(7-11)18(19,20)21/h5-10H,3-4H2,1-2H3,(H2,22,25)/t9-/m0/s1. The fourth-order valence-electron chi connectivity index (χ4n) is 3.18. The van der Waals surface area contributed by atoms with Gasteiger partial charge in [-0.25, -0.2) is 4.98 Å². The van der Waals surface area contributed by atoms with Gasteiger partial charge < -0.3 is 10.5 Å². The molecule has 3 rings (SSSR count). The van der Waals surface area contributed by atoms with Crippen molar-refractivity contribution in [3.8, 4) is 17.0 Å². The van der Waals surface area contributed by atoms with Gasteiger partial charge in [-0.2, -0.15) is 13.2 Å². The van der Waals surface area contributed by atoms with E-state index in [-0.39, 0.29) is 22.9 Å². The SMILES string of the molecule is COc1ncc(C(N)=O)c([C@@H](C)C2CC2)c1-c1ccnc(C(F)(F)F)c1. The molecule has 2 N–H and O–H groups in total. The average Bonchev–Trinajstić information content (AvgIpc) is 3.44. The number of amides is 1. The highest BCUT2D eigenvalue weighted by molar-refractivity contribution is 5.97. The third kappa shape index (κ3) is 3.36. The summed E-state index contributed by atoms with van der Waals surface area (Å²) in [5.74, 6) is -0.236. The second-order valence-electron chi connectivity index (χ2n) is 6.39. The van der Waals surface area contributed by atoms with Gasteiger partial charge in [0.2, 0.25) is 5.88 Å². The van der Waals surface area contributed by atoms with Crippen molar-refractivity contribution in [1.29, 1.82) is 0 Å². The molecule has 2 aromatic heterocycles. The van der Waals surface area contributed by atoms with E-state index in [1.165, 1.54) is 19.4 Å². The van der Waals surface area contributed by atoms with E-state index in [0.717, 1.165) is 25.1 Å². The summed E-state index contributed by atoms with van der Waals surface area (Å²) >= 11 is 0. The maximum atomic E-state index is 13.1. The molecule has 0 aliphatic heterocycles. The lowest BCUT2D eigenvalue weighted by molar-refractivity contribution is -0.141. The zero-order valence-corrected chi connectivity index (χ0v) is 14.3. The predicted molar refractivity (Wildman–Crippen MR) is 88.7 cm³/mol. The van der Waals surface area contributed by atoms with E-state index >= 15 is 0 Å². The number of methoxy groups -OCH3 is 1. The molecule has 0 unspecified atom stereocenters. The molecule has 1 saturated carbocycles. The van der Waals surface area contributed by atoms with Gasteiger partial charge in [-0.15, -0.1) is 0 Å². The van der Waals surface area contributed by atoms with Crippen molar-refractivity contribution >= 4 is 5.91 Å². The van der Waals surface area contributed by atoms with Crippen LogP contribution < -0.4 is 10.5 Å². The van der Waals surface area contributed by atoms with Crippen LogP contribution in [-0.2, 0) is 6.18 Å². The highest BCUT2D eigenvalue weighted by Crippen LogP contribution is 2.48. The number of rotatable bonds is 5. The van der Waals surface area contributed by atoms with E-state index in [9.17, 15) is 18.0 Å². The molecule has 8 heteroatoms. The summed E-state index contributed by atoms with van der Waals surface area (Å²) in [6, 6.07) is 2.39. The molecule has 1 aliphatic carbocycles. The monoisotopic (exact) mass is 365 g/mol. The first-order chi connectivity index (χ1) is 12.2. The van der Waals surface area contributed by atoms with Gasteiger partial charge in [0.1, 0.15) is 5.69 Å². The Labute approximate surface area is 148 Å². The largest absolute Gasteiger partial charge is 0.481 e. The number of carbonyl (C=O) groups is 1. The maximum Gasteiger partial charge on any atom is 0.433 e. The highest BCUT2D eigenvalue weighted by Gasteiger charge is 2.36. The lowest BCUT2D eigenvalue weighted by atomic mass is 9.86. The Morgan fingerprint density at radius 2 is 2.04 bits per heavy atom. The third-order valence-corrected chi connectivity index (χ3v) is 4.67. The van der Waals surface area contributed by atoms with Gasteiger partial charge >= 0.3 is 6.18 Å². The molecule has 138 valence electrons. The number of hydrogen-bond donors (Lipinski definition) is 1. The summed E-state index contributed by atoms with van der Waals surface area (Å²) in [6.45, 7) is 1.94. The van der Waals surface area contributed by atoms with Gasteiger partial charge in [-0.3, -0.25) is 9.78 Å². The molecule has 1 amide bonds. The van der Waals surface area contributed by atoms with Gasteiger partial charge in [0.05, 0.1) is 12.7 Å². The topological polar surface area (TPSA) is 78.1 Å². The number of nitrogens with two attached hydrogens (primary N) is 1. The Bertz CT molecular complexity index is 848. The molecule has 2 aromatic rings. The summed E-state index contributed by atoms with van der Waals surface area (Å²) in [7, 11) is 1.38. The van der Waals surface area contributed by atoms with Gasteiger partial charge in [-0.1, -0.05) is 6.92 Å². The normalized spacial score (nSPS) is 15.6. The Kier molecular flexibility index (Phi) is 4.60. The first kappa shape index (κ1) is 18.2. The van der Waals surface area contributed by atoms with Crippen LogP contribution in [0.2, 0.25) is 0 Å². The van der Waals surface area contributed by atoms with Crippen LogP contribution in [0.1, 0.15) is 47.3 Å². The zero-order valence-electron chi connectivity index (χ0n) is 14.3. The van der Waals surface area contributed by atoms with Crippen molar-refractivity contribution in [2.75, 3.05) is 7.11 Å². The molecular weight excluding hydrogens is 347 g/mol. The number of primary amides is 1. The van der Waals surface area contributed by atoms with Crippen LogP contribution in [0.4, 0.5) is 13.2 Å². The minimum Gasteiger partial charge on any atom is -0.481 e. The molecule has 0 bridgehead atoms. The molecule has 0 saturated heterocycles. The van der Waals surface area contributed by atoms with Crippen LogP contribution in [0, 0.1) is 5.92 Å². The van der Waals surface area contributed by atoms with Crippen molar-refractivity contribution in [3.05, 3.63) is 41.3 Å². The first-order valence-electron chi connectivity index (χ1n) is 8.14. The van der Waals surface area contributed by atoms with Gasteiger partial charge in [0, 0.05) is 18.0 Å². The minimum absolute atomic E-state index is 0.0631. The van der Waals surface area contributed by atoms with Crippen LogP contribution in [0.5, 0.6) is 5.88 Å². The first-order valence-corrected chi connectivity index (χ1v) is 8.14. The Morgan fingerprint density at radius 3 is 2.58 bits per heavy atom. The third-order valence-electron chi connectivity index (χ3n) is 4.67. The number of halogens is 3. The molecule has 1 fully saturated rings. The van der Waals surface area contributed by atoms with Crippen molar-refractivity contribution in [3.63, 3.8) is 0 Å². The summed E-state index contributed by atoms with van der Waals surface area (Å²) < 4.78 is 44.5. The molecule has 26 heavy (non-hydrogen) atoms. The van der Waals surface area contributed by atoms with Crippen molar-refractivity contribution in [2.45, 2.75) is 31.9 Å². The summed E-state index contributed by atoms with van der Waals surface area (Å²) in [4.78, 5) is 19.4. The number of aromatic nitrogens is 2. The Hall–Kier alpha value is -2.64. The minimum atomic E-state index is -4.58. The fourth-order valence-corrected chi connectivity index (χ4v) is 3.18. The fraction of sp³-hybridized carbons (Fsp3) is 0.389.